The van der Waals surface area contributed by atoms with Crippen LogP contribution in [0.1, 0.15) is 41.4 Å². The fraction of sp³-hybridized carbons (Fsp3) is 0.250. The van der Waals surface area contributed by atoms with Crippen LogP contribution in [0.2, 0.25) is 0 Å². The number of rotatable bonds is 7. The zero-order chi connectivity index (χ0) is 23.5. The van der Waals surface area contributed by atoms with Gasteiger partial charge in [0.15, 0.2) is 5.78 Å². The Balaban J connectivity index is 1.63. The van der Waals surface area contributed by atoms with Crippen molar-refractivity contribution in [2.24, 2.45) is 0 Å². The van der Waals surface area contributed by atoms with Crippen LogP contribution in [-0.2, 0) is 9.53 Å². The first-order chi connectivity index (χ1) is 15.9. The molecule has 1 N–H and O–H groups in total. The number of esters is 1. The predicted octanol–water partition coefficient (Wildman–Crippen LogP) is 5.18. The summed E-state index contributed by atoms with van der Waals surface area (Å²) in [7, 11) is 0. The molecule has 1 aliphatic heterocycles. The number of benzene rings is 2. The number of anilines is 1. The third kappa shape index (κ3) is 5.04. The molecule has 4 rings (SSSR count). The zero-order valence-corrected chi connectivity index (χ0v) is 20.9. The molecule has 33 heavy (non-hydrogen) atoms. The van der Waals surface area contributed by atoms with Crippen LogP contribution in [0.25, 0.3) is 0 Å². The van der Waals surface area contributed by atoms with Gasteiger partial charge >= 0.3 is 5.97 Å². The number of allylic oxidation sites excluding steroid dienone is 1. The molecule has 2 heterocycles. The SMILES string of the molecule is CCOC(=O)C1=C(C)Nc2nc(SCC(=O)c3ccc(Br)cc3)nn2[C@H]1c1ccc(C)cc1. The van der Waals surface area contributed by atoms with Crippen molar-refractivity contribution in [3.63, 3.8) is 0 Å². The lowest BCUT2D eigenvalue weighted by Crippen LogP contribution is -2.29. The summed E-state index contributed by atoms with van der Waals surface area (Å²) in [6.07, 6.45) is 0. The molecule has 0 saturated carbocycles. The van der Waals surface area contributed by atoms with E-state index in [1.807, 2.05) is 50.2 Å². The average Bonchev–Trinajstić information content (AvgIpc) is 3.20. The summed E-state index contributed by atoms with van der Waals surface area (Å²) in [5.74, 6) is 0.320. The molecule has 3 aromatic rings. The number of Topliss-reactive ketones (excluding diaryl/α,β-unsaturated/α-hetero) is 1. The molecule has 170 valence electrons. The second kappa shape index (κ2) is 9.93. The van der Waals surface area contributed by atoms with Crippen LogP contribution in [-0.4, -0.2) is 38.9 Å². The number of carbonyl (C=O) groups is 2. The Morgan fingerprint density at radius 1 is 1.12 bits per heavy atom. The molecule has 1 atom stereocenters. The Morgan fingerprint density at radius 2 is 1.82 bits per heavy atom. The molecule has 9 heteroatoms. The number of thioether (sulfide) groups is 1. The zero-order valence-electron chi connectivity index (χ0n) is 18.5. The Labute approximate surface area is 204 Å². The van der Waals surface area contributed by atoms with Gasteiger partial charge in [0.1, 0.15) is 6.04 Å². The summed E-state index contributed by atoms with van der Waals surface area (Å²) < 4.78 is 7.94. The predicted molar refractivity (Wildman–Crippen MR) is 131 cm³/mol. The minimum Gasteiger partial charge on any atom is -0.463 e. The summed E-state index contributed by atoms with van der Waals surface area (Å²) in [4.78, 5) is 30.0. The first kappa shape index (κ1) is 23.3. The van der Waals surface area contributed by atoms with Crippen LogP contribution in [0.4, 0.5) is 5.95 Å². The number of aromatic nitrogens is 3. The first-order valence-corrected chi connectivity index (χ1v) is 12.2. The third-order valence-electron chi connectivity index (χ3n) is 5.22. The summed E-state index contributed by atoms with van der Waals surface area (Å²) >= 11 is 4.64. The Hall–Kier alpha value is -2.91. The summed E-state index contributed by atoms with van der Waals surface area (Å²) in [6.45, 7) is 5.90. The number of carbonyl (C=O) groups excluding carboxylic acids is 2. The standard InChI is InChI=1S/C24H23BrN4O3S/c1-4-32-22(31)20-15(3)26-23-27-24(33-13-19(30)16-9-11-18(25)12-10-16)28-29(23)21(20)17-7-5-14(2)6-8-17/h5-12,21H,4,13H2,1-3H3,(H,26,27,28)/t21-/m0/s1. The fourth-order valence-electron chi connectivity index (χ4n) is 3.57. The van der Waals surface area contributed by atoms with Gasteiger partial charge in [0, 0.05) is 15.7 Å². The Kier molecular flexibility index (Phi) is 6.99. The lowest BCUT2D eigenvalue weighted by molar-refractivity contribution is -0.139. The van der Waals surface area contributed by atoms with Crippen LogP contribution in [0, 0.1) is 6.92 Å². The van der Waals surface area contributed by atoms with Gasteiger partial charge in [-0.25, -0.2) is 9.48 Å². The van der Waals surface area contributed by atoms with Gasteiger partial charge in [0.2, 0.25) is 11.1 Å². The van der Waals surface area contributed by atoms with E-state index in [2.05, 4.69) is 31.3 Å². The van der Waals surface area contributed by atoms with Crippen molar-refractivity contribution in [1.29, 1.82) is 0 Å². The van der Waals surface area contributed by atoms with Crippen molar-refractivity contribution < 1.29 is 14.3 Å². The largest absolute Gasteiger partial charge is 0.463 e. The van der Waals surface area contributed by atoms with Gasteiger partial charge in [0.25, 0.3) is 0 Å². The first-order valence-electron chi connectivity index (χ1n) is 10.5. The van der Waals surface area contributed by atoms with Crippen LogP contribution >= 0.6 is 27.7 Å². The number of nitrogens with one attached hydrogen (secondary N) is 1. The highest BCUT2D eigenvalue weighted by molar-refractivity contribution is 9.10. The summed E-state index contributed by atoms with van der Waals surface area (Å²) in [5.41, 5.74) is 3.81. The minimum atomic E-state index is -0.482. The third-order valence-corrected chi connectivity index (χ3v) is 6.59. The molecule has 7 nitrogen and oxygen atoms in total. The second-order valence-electron chi connectivity index (χ2n) is 7.58. The molecule has 0 unspecified atom stereocenters. The van der Waals surface area contributed by atoms with Crippen molar-refractivity contribution in [3.05, 3.63) is 81.0 Å². The van der Waals surface area contributed by atoms with Crippen LogP contribution < -0.4 is 5.32 Å². The maximum atomic E-state index is 12.8. The molecule has 0 saturated heterocycles. The number of hydrogen-bond acceptors (Lipinski definition) is 7. The number of hydrogen-bond donors (Lipinski definition) is 1. The van der Waals surface area contributed by atoms with Crippen LogP contribution in [0.5, 0.6) is 0 Å². The Bertz CT molecular complexity index is 1220. The normalized spacial score (nSPS) is 15.1. The fourth-order valence-corrected chi connectivity index (χ4v) is 4.56. The lowest BCUT2D eigenvalue weighted by atomic mass is 9.95. The van der Waals surface area contributed by atoms with E-state index < -0.39 is 12.0 Å². The molecule has 2 aromatic carbocycles. The van der Waals surface area contributed by atoms with Crippen molar-refractivity contribution in [1.82, 2.24) is 14.8 Å². The molecular weight excluding hydrogens is 504 g/mol. The average molecular weight is 527 g/mol. The molecule has 1 aliphatic rings. The second-order valence-corrected chi connectivity index (χ2v) is 9.44. The van der Waals surface area contributed by atoms with Crippen LogP contribution in [0.15, 0.2) is 69.4 Å². The van der Waals surface area contributed by atoms with E-state index in [4.69, 9.17) is 4.74 Å². The maximum absolute atomic E-state index is 12.8. The van der Waals surface area contributed by atoms with E-state index in [-0.39, 0.29) is 18.1 Å². The van der Waals surface area contributed by atoms with E-state index in [1.165, 1.54) is 11.8 Å². The molecule has 0 aliphatic carbocycles. The van der Waals surface area contributed by atoms with E-state index in [9.17, 15) is 9.59 Å². The van der Waals surface area contributed by atoms with E-state index in [1.54, 1.807) is 23.7 Å². The van der Waals surface area contributed by atoms with Crippen LogP contribution in [0.3, 0.4) is 0 Å². The molecule has 0 amide bonds. The number of nitrogens with zero attached hydrogens (tertiary/aromatic N) is 3. The van der Waals surface area contributed by atoms with Gasteiger partial charge in [0.05, 0.1) is 17.9 Å². The monoisotopic (exact) mass is 526 g/mol. The topological polar surface area (TPSA) is 86.1 Å². The molecule has 0 bridgehead atoms. The van der Waals surface area contributed by atoms with Gasteiger partial charge in [-0.3, -0.25) is 4.79 Å². The minimum absolute atomic E-state index is 0.00941. The van der Waals surface area contributed by atoms with E-state index >= 15 is 0 Å². The highest BCUT2D eigenvalue weighted by Gasteiger charge is 2.35. The highest BCUT2D eigenvalue weighted by Crippen LogP contribution is 2.36. The van der Waals surface area contributed by atoms with Gasteiger partial charge in [-0.05, 0) is 38.5 Å². The van der Waals surface area contributed by atoms with Gasteiger partial charge < -0.3 is 10.1 Å². The molecule has 0 spiro atoms. The maximum Gasteiger partial charge on any atom is 0.338 e. The smallest absolute Gasteiger partial charge is 0.338 e. The quantitative estimate of drug-likeness (QED) is 0.258. The van der Waals surface area contributed by atoms with Crippen molar-refractivity contribution in [2.75, 3.05) is 17.7 Å². The number of halogens is 1. The lowest BCUT2D eigenvalue weighted by Gasteiger charge is -2.28. The van der Waals surface area contributed by atoms with Gasteiger partial charge in [-0.15, -0.1) is 5.10 Å². The molecule has 1 aromatic heterocycles. The highest BCUT2D eigenvalue weighted by atomic mass is 79.9. The Morgan fingerprint density at radius 3 is 2.48 bits per heavy atom. The van der Waals surface area contributed by atoms with Crippen molar-refractivity contribution in [3.8, 4) is 0 Å². The van der Waals surface area contributed by atoms with E-state index in [0.29, 0.717) is 27.9 Å². The summed E-state index contributed by atoms with van der Waals surface area (Å²) in [6, 6.07) is 14.7. The molecular formula is C24H23BrN4O3S. The molecule has 0 fully saturated rings. The van der Waals surface area contributed by atoms with Crippen molar-refractivity contribution >= 4 is 45.4 Å². The molecule has 0 radical (unpaired) electrons. The van der Waals surface area contributed by atoms with Gasteiger partial charge in [-0.2, -0.15) is 4.98 Å². The van der Waals surface area contributed by atoms with E-state index in [0.717, 1.165) is 15.6 Å². The number of ether oxygens (including phenoxy) is 1. The van der Waals surface area contributed by atoms with Crippen molar-refractivity contribution in [2.45, 2.75) is 32.0 Å². The number of fused-ring (bicyclic) bond motifs is 1. The summed E-state index contributed by atoms with van der Waals surface area (Å²) in [5, 5.41) is 8.27. The van der Waals surface area contributed by atoms with Gasteiger partial charge in [-0.1, -0.05) is 69.7 Å². The number of aryl methyl sites for hydroxylation is 1. The number of ketones is 1.